The molecular formula is C21H23ClN4OS. The molecule has 0 bridgehead atoms. The first kappa shape index (κ1) is 20.3. The average molecular weight is 415 g/mol. The SMILES string of the molecule is C=CCn1c(-c2ccccc2)nn(CN(C)Cc2cc(Cl)ccc2OC)c1=S. The molecule has 0 aliphatic heterocycles. The molecule has 0 spiro atoms. The van der Waals surface area contributed by atoms with Gasteiger partial charge in [0, 0.05) is 29.2 Å². The van der Waals surface area contributed by atoms with E-state index in [0.717, 1.165) is 22.7 Å². The molecule has 3 aromatic rings. The number of rotatable bonds is 8. The Hall–Kier alpha value is -2.41. The molecule has 1 heterocycles. The Labute approximate surface area is 175 Å². The predicted molar refractivity (Wildman–Crippen MR) is 116 cm³/mol. The molecule has 0 aliphatic rings. The van der Waals surface area contributed by atoms with E-state index in [2.05, 4.69) is 11.5 Å². The summed E-state index contributed by atoms with van der Waals surface area (Å²) in [7, 11) is 3.67. The number of hydrogen-bond acceptors (Lipinski definition) is 4. The van der Waals surface area contributed by atoms with Gasteiger partial charge < -0.3 is 4.74 Å². The van der Waals surface area contributed by atoms with Gasteiger partial charge in [0.15, 0.2) is 10.6 Å². The van der Waals surface area contributed by atoms with Gasteiger partial charge in [-0.1, -0.05) is 48.0 Å². The lowest BCUT2D eigenvalue weighted by molar-refractivity contribution is 0.240. The second-order valence-electron chi connectivity index (χ2n) is 6.48. The van der Waals surface area contributed by atoms with Crippen LogP contribution in [0, 0.1) is 4.77 Å². The summed E-state index contributed by atoms with van der Waals surface area (Å²) >= 11 is 11.8. The van der Waals surface area contributed by atoms with Crippen LogP contribution in [0.3, 0.4) is 0 Å². The number of aromatic nitrogens is 3. The highest BCUT2D eigenvalue weighted by Gasteiger charge is 2.14. The minimum Gasteiger partial charge on any atom is -0.496 e. The monoisotopic (exact) mass is 414 g/mol. The minimum absolute atomic E-state index is 0.540. The van der Waals surface area contributed by atoms with Crippen molar-refractivity contribution in [3.8, 4) is 17.1 Å². The molecule has 5 nitrogen and oxygen atoms in total. The lowest BCUT2D eigenvalue weighted by Crippen LogP contribution is -2.23. The fourth-order valence-corrected chi connectivity index (χ4v) is 3.52. The van der Waals surface area contributed by atoms with Crippen LogP contribution >= 0.6 is 23.8 Å². The largest absolute Gasteiger partial charge is 0.496 e. The van der Waals surface area contributed by atoms with E-state index in [-0.39, 0.29) is 0 Å². The second-order valence-corrected chi connectivity index (χ2v) is 7.28. The molecule has 3 rings (SSSR count). The molecule has 0 atom stereocenters. The van der Waals surface area contributed by atoms with Crippen LogP contribution in [0.2, 0.25) is 5.02 Å². The molecule has 0 saturated heterocycles. The molecule has 1 aromatic heterocycles. The first-order chi connectivity index (χ1) is 13.5. The summed E-state index contributed by atoms with van der Waals surface area (Å²) < 4.78 is 9.92. The maximum absolute atomic E-state index is 6.15. The number of ether oxygens (including phenoxy) is 1. The maximum Gasteiger partial charge on any atom is 0.199 e. The van der Waals surface area contributed by atoms with Crippen LogP contribution in [0.25, 0.3) is 11.4 Å². The molecule has 0 aliphatic carbocycles. The maximum atomic E-state index is 6.15. The quantitative estimate of drug-likeness (QED) is 0.383. The lowest BCUT2D eigenvalue weighted by Gasteiger charge is -2.18. The Morgan fingerprint density at radius 3 is 2.68 bits per heavy atom. The van der Waals surface area contributed by atoms with Gasteiger partial charge in [-0.3, -0.25) is 9.47 Å². The average Bonchev–Trinajstić information content (AvgIpc) is 2.99. The van der Waals surface area contributed by atoms with Gasteiger partial charge in [-0.2, -0.15) is 5.10 Å². The van der Waals surface area contributed by atoms with E-state index in [9.17, 15) is 0 Å². The number of allylic oxidation sites excluding steroid dienone is 1. The van der Waals surface area contributed by atoms with Gasteiger partial charge in [0.05, 0.1) is 13.8 Å². The summed E-state index contributed by atoms with van der Waals surface area (Å²) in [6.45, 7) is 5.64. The van der Waals surface area contributed by atoms with Crippen LogP contribution in [0.5, 0.6) is 5.75 Å². The number of nitrogens with zero attached hydrogens (tertiary/aromatic N) is 4. The third-order valence-electron chi connectivity index (χ3n) is 4.32. The van der Waals surface area contributed by atoms with E-state index in [1.165, 1.54) is 0 Å². The first-order valence-electron chi connectivity index (χ1n) is 8.88. The van der Waals surface area contributed by atoms with Crippen LogP contribution < -0.4 is 4.74 Å². The van der Waals surface area contributed by atoms with Gasteiger partial charge in [-0.25, -0.2) is 4.68 Å². The first-order valence-corrected chi connectivity index (χ1v) is 9.67. The van der Waals surface area contributed by atoms with Crippen molar-refractivity contribution in [1.82, 2.24) is 19.2 Å². The van der Waals surface area contributed by atoms with Crippen molar-refractivity contribution in [2.45, 2.75) is 19.8 Å². The Kier molecular flexibility index (Phi) is 6.67. The molecule has 7 heteroatoms. The van der Waals surface area contributed by atoms with Gasteiger partial charge in [0.1, 0.15) is 5.75 Å². The van der Waals surface area contributed by atoms with Crippen LogP contribution in [-0.4, -0.2) is 33.4 Å². The van der Waals surface area contributed by atoms with Crippen LogP contribution in [-0.2, 0) is 19.8 Å². The van der Waals surface area contributed by atoms with Crippen molar-refractivity contribution < 1.29 is 4.74 Å². The number of halogens is 1. The molecule has 2 aromatic carbocycles. The summed E-state index contributed by atoms with van der Waals surface area (Å²) in [6.07, 6.45) is 1.83. The van der Waals surface area contributed by atoms with Crippen molar-refractivity contribution >= 4 is 23.8 Å². The molecule has 0 fully saturated rings. The normalized spacial score (nSPS) is 11.0. The van der Waals surface area contributed by atoms with Gasteiger partial charge in [-0.15, -0.1) is 6.58 Å². The van der Waals surface area contributed by atoms with E-state index in [1.54, 1.807) is 7.11 Å². The van der Waals surface area contributed by atoms with Crippen molar-refractivity contribution in [2.24, 2.45) is 0 Å². The van der Waals surface area contributed by atoms with Crippen molar-refractivity contribution in [1.29, 1.82) is 0 Å². The van der Waals surface area contributed by atoms with E-state index in [1.807, 2.05) is 70.9 Å². The van der Waals surface area contributed by atoms with Crippen molar-refractivity contribution in [3.05, 3.63) is 76.5 Å². The fourth-order valence-electron chi connectivity index (χ4n) is 3.07. The molecular weight excluding hydrogens is 392 g/mol. The zero-order valence-electron chi connectivity index (χ0n) is 16.0. The summed E-state index contributed by atoms with van der Waals surface area (Å²) in [5.41, 5.74) is 2.03. The van der Waals surface area contributed by atoms with Crippen molar-refractivity contribution in [3.63, 3.8) is 0 Å². The highest BCUT2D eigenvalue weighted by atomic mass is 35.5. The van der Waals surface area contributed by atoms with Gasteiger partial charge in [0.25, 0.3) is 0 Å². The Morgan fingerprint density at radius 2 is 2.00 bits per heavy atom. The molecule has 28 heavy (non-hydrogen) atoms. The minimum atomic E-state index is 0.540. The van der Waals surface area contributed by atoms with E-state index in [4.69, 9.17) is 33.7 Å². The molecule has 0 N–H and O–H groups in total. The Bertz CT molecular complexity index is 1010. The smallest absolute Gasteiger partial charge is 0.199 e. The van der Waals surface area contributed by atoms with Crippen LogP contribution in [0.4, 0.5) is 0 Å². The van der Waals surface area contributed by atoms with Crippen LogP contribution in [0.15, 0.2) is 61.2 Å². The standard InChI is InChI=1S/C21H23ClN4OS/c1-4-12-25-20(16-8-6-5-7-9-16)23-26(21(25)28)15-24(2)14-17-13-18(22)10-11-19(17)27-3/h4-11,13H,1,12,14-15H2,2-3H3. The van der Waals surface area contributed by atoms with Crippen molar-refractivity contribution in [2.75, 3.05) is 14.2 Å². The summed E-state index contributed by atoms with van der Waals surface area (Å²) in [6, 6.07) is 15.6. The van der Waals surface area contributed by atoms with Gasteiger partial charge >= 0.3 is 0 Å². The zero-order chi connectivity index (χ0) is 20.1. The van der Waals surface area contributed by atoms with Crippen LogP contribution in [0.1, 0.15) is 5.56 Å². The fraction of sp³-hybridized carbons (Fsp3) is 0.238. The molecule has 0 radical (unpaired) electrons. The number of hydrogen-bond donors (Lipinski definition) is 0. The van der Waals surface area contributed by atoms with E-state index >= 15 is 0 Å². The molecule has 0 amide bonds. The Morgan fingerprint density at radius 1 is 1.25 bits per heavy atom. The third kappa shape index (κ3) is 4.52. The lowest BCUT2D eigenvalue weighted by atomic mass is 10.2. The zero-order valence-corrected chi connectivity index (χ0v) is 17.6. The van der Waals surface area contributed by atoms with Gasteiger partial charge in [-0.05, 0) is 37.5 Å². The topological polar surface area (TPSA) is 35.2 Å². The number of benzene rings is 2. The van der Waals surface area contributed by atoms with E-state index < -0.39 is 0 Å². The number of methoxy groups -OCH3 is 1. The Balaban J connectivity index is 1.87. The third-order valence-corrected chi connectivity index (χ3v) is 4.99. The summed E-state index contributed by atoms with van der Waals surface area (Å²) in [4.78, 5) is 2.12. The highest BCUT2D eigenvalue weighted by Crippen LogP contribution is 2.24. The summed E-state index contributed by atoms with van der Waals surface area (Å²) in [5, 5.41) is 5.45. The molecule has 0 saturated carbocycles. The van der Waals surface area contributed by atoms with E-state index in [0.29, 0.717) is 29.6 Å². The molecule has 0 unspecified atom stereocenters. The second kappa shape index (κ2) is 9.19. The molecule has 146 valence electrons. The highest BCUT2D eigenvalue weighted by molar-refractivity contribution is 7.71. The summed E-state index contributed by atoms with van der Waals surface area (Å²) in [5.74, 6) is 1.64. The predicted octanol–water partition coefficient (Wildman–Crippen LogP) is 5.02. The van der Waals surface area contributed by atoms with Gasteiger partial charge in [0.2, 0.25) is 0 Å².